The molecule has 150 valence electrons. The average Bonchev–Trinajstić information content (AvgIpc) is 2.63. The van der Waals surface area contributed by atoms with Crippen LogP contribution < -0.4 is 9.47 Å². The van der Waals surface area contributed by atoms with Crippen LogP contribution in [0.1, 0.15) is 44.6 Å². The van der Waals surface area contributed by atoms with Gasteiger partial charge in [-0.1, -0.05) is 19.4 Å². The first kappa shape index (κ1) is 22.5. The third-order valence-corrected chi connectivity index (χ3v) is 4.17. The van der Waals surface area contributed by atoms with Gasteiger partial charge in [0.05, 0.1) is 20.6 Å². The monoisotopic (exact) mass is 379 g/mol. The minimum absolute atomic E-state index is 0.0265. The quantitative estimate of drug-likeness (QED) is 0.530. The molecule has 0 aliphatic rings. The molecule has 0 saturated carbocycles. The highest BCUT2D eigenvalue weighted by atomic mass is 16.5. The van der Waals surface area contributed by atoms with Crippen LogP contribution in [0.3, 0.4) is 0 Å². The maximum absolute atomic E-state index is 12.7. The predicted octanol–water partition coefficient (Wildman–Crippen LogP) is 2.70. The van der Waals surface area contributed by atoms with E-state index >= 15 is 0 Å². The SMILES string of the molecule is CCCCN(CCCC(=O)CC(=O)O)C(=O)Cc1ccc(OC)c(OC)c1. The molecule has 7 heteroatoms. The summed E-state index contributed by atoms with van der Waals surface area (Å²) in [4.78, 5) is 36.5. The van der Waals surface area contributed by atoms with Crippen LogP contribution in [-0.4, -0.2) is 55.0 Å². The van der Waals surface area contributed by atoms with Crippen LogP contribution in [0.4, 0.5) is 0 Å². The number of carbonyl (C=O) groups excluding carboxylic acids is 2. The highest BCUT2D eigenvalue weighted by Gasteiger charge is 2.16. The number of hydrogen-bond donors (Lipinski definition) is 1. The molecule has 0 radical (unpaired) electrons. The Balaban J connectivity index is 2.68. The van der Waals surface area contributed by atoms with Crippen LogP contribution in [-0.2, 0) is 20.8 Å². The first-order chi connectivity index (χ1) is 12.9. The van der Waals surface area contributed by atoms with Gasteiger partial charge >= 0.3 is 5.97 Å². The Kier molecular flexibility index (Phi) is 9.93. The zero-order valence-corrected chi connectivity index (χ0v) is 16.3. The van der Waals surface area contributed by atoms with Crippen LogP contribution in [0.25, 0.3) is 0 Å². The first-order valence-corrected chi connectivity index (χ1v) is 9.13. The molecular weight excluding hydrogens is 350 g/mol. The second kappa shape index (κ2) is 11.9. The number of ketones is 1. The van der Waals surface area contributed by atoms with E-state index in [4.69, 9.17) is 14.6 Å². The van der Waals surface area contributed by atoms with Gasteiger partial charge in [-0.15, -0.1) is 0 Å². The number of methoxy groups -OCH3 is 2. The second-order valence-corrected chi connectivity index (χ2v) is 6.31. The van der Waals surface area contributed by atoms with Crippen molar-refractivity contribution in [3.8, 4) is 11.5 Å². The van der Waals surface area contributed by atoms with Crippen LogP contribution in [0.15, 0.2) is 18.2 Å². The molecule has 0 heterocycles. The van der Waals surface area contributed by atoms with Crippen molar-refractivity contribution in [1.29, 1.82) is 0 Å². The molecule has 1 amide bonds. The summed E-state index contributed by atoms with van der Waals surface area (Å²) < 4.78 is 10.5. The third kappa shape index (κ3) is 8.11. The summed E-state index contributed by atoms with van der Waals surface area (Å²) in [6.07, 6.45) is 2.23. The first-order valence-electron chi connectivity index (χ1n) is 9.13. The van der Waals surface area contributed by atoms with Crippen molar-refractivity contribution in [3.05, 3.63) is 23.8 Å². The van der Waals surface area contributed by atoms with E-state index in [0.717, 1.165) is 18.4 Å². The molecule has 7 nitrogen and oxygen atoms in total. The van der Waals surface area contributed by atoms with Gasteiger partial charge in [-0.25, -0.2) is 0 Å². The maximum Gasteiger partial charge on any atom is 0.310 e. The van der Waals surface area contributed by atoms with Crippen LogP contribution in [0, 0.1) is 0 Å². The molecule has 1 N–H and O–H groups in total. The number of amides is 1. The normalized spacial score (nSPS) is 10.3. The van der Waals surface area contributed by atoms with Crippen molar-refractivity contribution in [1.82, 2.24) is 4.90 Å². The summed E-state index contributed by atoms with van der Waals surface area (Å²) in [5, 5.41) is 8.64. The standard InChI is InChI=1S/C20H29NO6/c1-4-5-10-21(11-6-7-16(22)14-20(24)25)19(23)13-15-8-9-17(26-2)18(12-15)27-3/h8-9,12H,4-7,10-11,13-14H2,1-3H3,(H,24,25). The fraction of sp³-hybridized carbons (Fsp3) is 0.550. The summed E-state index contributed by atoms with van der Waals surface area (Å²) in [7, 11) is 3.10. The Morgan fingerprint density at radius 3 is 2.30 bits per heavy atom. The molecular formula is C20H29NO6. The van der Waals surface area contributed by atoms with E-state index in [0.29, 0.717) is 31.0 Å². The van der Waals surface area contributed by atoms with Gasteiger partial charge in [-0.2, -0.15) is 0 Å². The molecule has 0 saturated heterocycles. The summed E-state index contributed by atoms with van der Waals surface area (Å²) in [5.74, 6) is -0.283. The number of benzene rings is 1. The summed E-state index contributed by atoms with van der Waals surface area (Å²) in [5.41, 5.74) is 0.820. The smallest absolute Gasteiger partial charge is 0.310 e. The van der Waals surface area contributed by atoms with Gasteiger partial charge in [-0.3, -0.25) is 14.4 Å². The van der Waals surface area contributed by atoms with Crippen molar-refractivity contribution in [2.24, 2.45) is 0 Å². The van der Waals surface area contributed by atoms with E-state index in [1.54, 1.807) is 31.3 Å². The molecule has 0 aromatic heterocycles. The van der Waals surface area contributed by atoms with Crippen LogP contribution in [0.5, 0.6) is 11.5 Å². The van der Waals surface area contributed by atoms with E-state index in [1.165, 1.54) is 0 Å². The van der Waals surface area contributed by atoms with Gasteiger partial charge in [0.2, 0.25) is 5.91 Å². The number of carbonyl (C=O) groups is 3. The average molecular weight is 379 g/mol. The zero-order valence-electron chi connectivity index (χ0n) is 16.3. The van der Waals surface area contributed by atoms with E-state index in [9.17, 15) is 14.4 Å². The molecule has 1 aromatic carbocycles. The highest BCUT2D eigenvalue weighted by molar-refractivity contribution is 5.94. The number of aliphatic carboxylic acids is 1. The van der Waals surface area contributed by atoms with Gasteiger partial charge in [-0.05, 0) is 30.5 Å². The molecule has 0 aliphatic heterocycles. The number of nitrogens with zero attached hydrogens (tertiary/aromatic N) is 1. The summed E-state index contributed by atoms with van der Waals surface area (Å²) >= 11 is 0. The lowest BCUT2D eigenvalue weighted by atomic mass is 10.1. The van der Waals surface area contributed by atoms with Gasteiger partial charge in [0.25, 0.3) is 0 Å². The molecule has 0 bridgehead atoms. The van der Waals surface area contributed by atoms with Gasteiger partial charge in [0.1, 0.15) is 12.2 Å². The maximum atomic E-state index is 12.7. The fourth-order valence-electron chi connectivity index (χ4n) is 2.71. The molecule has 0 fully saturated rings. The lowest BCUT2D eigenvalue weighted by Gasteiger charge is -2.23. The highest BCUT2D eigenvalue weighted by Crippen LogP contribution is 2.27. The zero-order chi connectivity index (χ0) is 20.2. The Morgan fingerprint density at radius 2 is 1.70 bits per heavy atom. The number of ether oxygens (including phenoxy) is 2. The fourth-order valence-corrected chi connectivity index (χ4v) is 2.71. The molecule has 0 aliphatic carbocycles. The van der Waals surface area contributed by atoms with Crippen LogP contribution >= 0.6 is 0 Å². The molecule has 27 heavy (non-hydrogen) atoms. The topological polar surface area (TPSA) is 93.1 Å². The van der Waals surface area contributed by atoms with E-state index in [2.05, 4.69) is 0 Å². The Bertz CT molecular complexity index is 643. The molecule has 1 aromatic rings. The van der Waals surface area contributed by atoms with E-state index < -0.39 is 12.4 Å². The van der Waals surface area contributed by atoms with Crippen molar-refractivity contribution in [2.75, 3.05) is 27.3 Å². The summed E-state index contributed by atoms with van der Waals surface area (Å²) in [6, 6.07) is 5.38. The number of unbranched alkanes of at least 4 members (excludes halogenated alkanes) is 1. The van der Waals surface area contributed by atoms with Crippen molar-refractivity contribution < 1.29 is 29.0 Å². The largest absolute Gasteiger partial charge is 0.493 e. The number of hydrogen-bond acceptors (Lipinski definition) is 5. The Morgan fingerprint density at radius 1 is 1.04 bits per heavy atom. The lowest BCUT2D eigenvalue weighted by molar-refractivity contribution is -0.140. The van der Waals surface area contributed by atoms with Crippen molar-refractivity contribution in [2.45, 2.75) is 45.4 Å². The predicted molar refractivity (Wildman–Crippen MR) is 101 cm³/mol. The van der Waals surface area contributed by atoms with E-state index in [1.807, 2.05) is 13.0 Å². The number of Topliss-reactive ketones (excluding diaryl/α,β-unsaturated/α-hetero) is 1. The van der Waals surface area contributed by atoms with Crippen molar-refractivity contribution >= 4 is 17.7 Å². The molecule has 0 spiro atoms. The second-order valence-electron chi connectivity index (χ2n) is 6.31. The van der Waals surface area contributed by atoms with Crippen molar-refractivity contribution in [3.63, 3.8) is 0 Å². The van der Waals surface area contributed by atoms with Gasteiger partial charge in [0.15, 0.2) is 11.5 Å². The minimum atomic E-state index is -1.12. The Labute approximate surface area is 160 Å². The lowest BCUT2D eigenvalue weighted by Crippen LogP contribution is -2.34. The van der Waals surface area contributed by atoms with Gasteiger partial charge < -0.3 is 19.5 Å². The number of rotatable bonds is 13. The molecule has 0 unspecified atom stereocenters. The minimum Gasteiger partial charge on any atom is -0.493 e. The van der Waals surface area contributed by atoms with Crippen LogP contribution in [0.2, 0.25) is 0 Å². The summed E-state index contributed by atoms with van der Waals surface area (Å²) in [6.45, 7) is 3.11. The van der Waals surface area contributed by atoms with Gasteiger partial charge in [0, 0.05) is 19.5 Å². The Hall–Kier alpha value is -2.57. The number of carboxylic acid groups (broad SMARTS) is 1. The molecule has 0 atom stereocenters. The number of carboxylic acids is 1. The van der Waals surface area contributed by atoms with E-state index in [-0.39, 0.29) is 24.5 Å². The molecule has 1 rings (SSSR count). The third-order valence-electron chi connectivity index (χ3n) is 4.17.